The van der Waals surface area contributed by atoms with E-state index in [1.54, 1.807) is 0 Å². The van der Waals surface area contributed by atoms with Crippen LogP contribution >= 0.6 is 0 Å². The molecule has 150 valence electrons. The number of rotatable bonds is 3. The summed E-state index contributed by atoms with van der Waals surface area (Å²) in [5.74, 6) is 0.0594. The Bertz CT molecular complexity index is 1060. The fraction of sp³-hybridized carbons (Fsp3) is 0.348. The number of aromatic nitrogens is 1. The Morgan fingerprint density at radius 1 is 1.00 bits per heavy atom. The summed E-state index contributed by atoms with van der Waals surface area (Å²) in [7, 11) is 0. The lowest BCUT2D eigenvalue weighted by atomic mass is 9.92. The van der Waals surface area contributed by atoms with Crippen LogP contribution in [0.4, 0.5) is 11.4 Å². The highest BCUT2D eigenvalue weighted by Gasteiger charge is 2.28. The average Bonchev–Trinajstić information content (AvgIpc) is 2.99. The smallest absolute Gasteiger partial charge is 0.254 e. The van der Waals surface area contributed by atoms with E-state index in [1.165, 1.54) is 6.42 Å². The van der Waals surface area contributed by atoms with Crippen LogP contribution in [-0.2, 0) is 4.74 Å². The molecule has 29 heavy (non-hydrogen) atoms. The normalized spacial score (nSPS) is 17.4. The molecule has 1 saturated carbocycles. The molecule has 0 spiro atoms. The van der Waals surface area contributed by atoms with Gasteiger partial charge in [0.25, 0.3) is 5.91 Å². The quantitative estimate of drug-likeness (QED) is 0.668. The third-order valence-electron chi connectivity index (χ3n) is 6.21. The number of fused-ring (bicyclic) bond motifs is 1. The Kier molecular flexibility index (Phi) is 4.43. The average molecular weight is 390 g/mol. The minimum atomic E-state index is 0.0594. The Hall–Kier alpha value is -2.99. The number of nitrogen functional groups attached to an aromatic ring is 2. The molecule has 4 N–H and O–H groups in total. The van der Waals surface area contributed by atoms with E-state index in [1.807, 2.05) is 47.4 Å². The van der Waals surface area contributed by atoms with Gasteiger partial charge in [0.2, 0.25) is 0 Å². The van der Waals surface area contributed by atoms with Crippen molar-refractivity contribution < 1.29 is 9.53 Å². The molecule has 0 atom stereocenters. The summed E-state index contributed by atoms with van der Waals surface area (Å²) < 4.78 is 7.72. The van der Waals surface area contributed by atoms with Crippen molar-refractivity contribution in [3.05, 3.63) is 48.0 Å². The molecule has 5 rings (SSSR count). The van der Waals surface area contributed by atoms with Crippen molar-refractivity contribution in [1.29, 1.82) is 0 Å². The molecular formula is C23H26N4O2. The fourth-order valence-corrected chi connectivity index (χ4v) is 4.38. The molecule has 6 nitrogen and oxygen atoms in total. The molecule has 2 fully saturated rings. The van der Waals surface area contributed by atoms with Crippen LogP contribution in [0, 0.1) is 0 Å². The molecule has 0 bridgehead atoms. The van der Waals surface area contributed by atoms with Crippen molar-refractivity contribution in [2.24, 2.45) is 0 Å². The second-order valence-corrected chi connectivity index (χ2v) is 7.98. The van der Waals surface area contributed by atoms with Crippen LogP contribution < -0.4 is 11.5 Å². The molecule has 1 aromatic heterocycles. The topological polar surface area (TPSA) is 86.5 Å². The molecule has 3 aromatic rings. The van der Waals surface area contributed by atoms with E-state index >= 15 is 0 Å². The molecule has 2 aliphatic rings. The highest BCUT2D eigenvalue weighted by Crippen LogP contribution is 2.44. The van der Waals surface area contributed by atoms with Gasteiger partial charge in [-0.15, -0.1) is 0 Å². The summed E-state index contributed by atoms with van der Waals surface area (Å²) in [6.07, 6.45) is 3.48. The van der Waals surface area contributed by atoms with E-state index in [4.69, 9.17) is 16.2 Å². The molecule has 1 aliphatic carbocycles. The monoisotopic (exact) mass is 390 g/mol. The van der Waals surface area contributed by atoms with E-state index in [0.717, 1.165) is 46.4 Å². The van der Waals surface area contributed by atoms with E-state index < -0.39 is 0 Å². The second-order valence-electron chi connectivity index (χ2n) is 7.98. The number of hydrogen-bond acceptors (Lipinski definition) is 4. The first-order valence-corrected chi connectivity index (χ1v) is 10.3. The van der Waals surface area contributed by atoms with Gasteiger partial charge in [0, 0.05) is 41.3 Å². The lowest BCUT2D eigenvalue weighted by Crippen LogP contribution is -2.40. The number of carbonyl (C=O) groups excluding carboxylic acids is 1. The first kappa shape index (κ1) is 18.1. The lowest BCUT2D eigenvalue weighted by molar-refractivity contribution is 0.0303. The summed E-state index contributed by atoms with van der Waals surface area (Å²) >= 11 is 0. The molecule has 1 amide bonds. The number of nitrogens with two attached hydrogens (primary N) is 2. The summed E-state index contributed by atoms with van der Waals surface area (Å²) in [6, 6.07) is 14.2. The number of amides is 1. The van der Waals surface area contributed by atoms with Crippen molar-refractivity contribution in [2.75, 3.05) is 37.8 Å². The number of benzene rings is 2. The van der Waals surface area contributed by atoms with Crippen LogP contribution in [0.1, 0.15) is 35.7 Å². The number of anilines is 2. The maximum absolute atomic E-state index is 13.0. The highest BCUT2D eigenvalue weighted by molar-refractivity contribution is 6.05. The van der Waals surface area contributed by atoms with Gasteiger partial charge in [-0.1, -0.05) is 12.1 Å². The molecule has 1 aliphatic heterocycles. The number of carbonyl (C=O) groups is 1. The molecule has 6 heteroatoms. The number of morpholine rings is 1. The highest BCUT2D eigenvalue weighted by atomic mass is 16.5. The number of nitrogens with zero attached hydrogens (tertiary/aromatic N) is 2. The third-order valence-corrected chi connectivity index (χ3v) is 6.21. The zero-order valence-electron chi connectivity index (χ0n) is 16.4. The van der Waals surface area contributed by atoms with Crippen molar-refractivity contribution >= 4 is 28.2 Å². The summed E-state index contributed by atoms with van der Waals surface area (Å²) in [5.41, 5.74) is 17.9. The summed E-state index contributed by atoms with van der Waals surface area (Å²) in [4.78, 5) is 14.9. The zero-order valence-corrected chi connectivity index (χ0v) is 16.4. The maximum Gasteiger partial charge on any atom is 0.254 e. The van der Waals surface area contributed by atoms with E-state index in [2.05, 4.69) is 4.57 Å². The maximum atomic E-state index is 13.0. The Morgan fingerprint density at radius 3 is 2.38 bits per heavy atom. The molecular weight excluding hydrogens is 364 g/mol. The van der Waals surface area contributed by atoms with Gasteiger partial charge >= 0.3 is 0 Å². The summed E-state index contributed by atoms with van der Waals surface area (Å²) in [6.45, 7) is 2.47. The molecule has 0 unspecified atom stereocenters. The Labute approximate surface area is 170 Å². The predicted molar refractivity (Wildman–Crippen MR) is 116 cm³/mol. The standard InChI is InChI=1S/C23H26N4O2/c24-17-7-4-15(5-8-17)22-21(25)19-9-6-16(23(28)26-10-12-29-13-11-26)14-20(19)27(22)18-2-1-3-18/h4-9,14,18H,1-3,10-13,24-25H2. The molecule has 1 saturated heterocycles. The van der Waals surface area contributed by atoms with Crippen molar-refractivity contribution in [1.82, 2.24) is 9.47 Å². The first-order chi connectivity index (χ1) is 14.1. The molecule has 2 aromatic carbocycles. The van der Waals surface area contributed by atoms with Gasteiger partial charge in [-0.05, 0) is 49.6 Å². The van der Waals surface area contributed by atoms with Gasteiger partial charge in [0.1, 0.15) is 0 Å². The Morgan fingerprint density at radius 2 is 1.72 bits per heavy atom. The predicted octanol–water partition coefficient (Wildman–Crippen LogP) is 3.67. The van der Waals surface area contributed by atoms with E-state index in [9.17, 15) is 4.79 Å². The first-order valence-electron chi connectivity index (χ1n) is 10.3. The van der Waals surface area contributed by atoms with E-state index in [0.29, 0.717) is 37.9 Å². The molecule has 2 heterocycles. The van der Waals surface area contributed by atoms with Gasteiger partial charge in [-0.25, -0.2) is 0 Å². The van der Waals surface area contributed by atoms with Gasteiger partial charge in [-0.2, -0.15) is 0 Å². The molecule has 0 radical (unpaired) electrons. The fourth-order valence-electron chi connectivity index (χ4n) is 4.38. The van der Waals surface area contributed by atoms with Crippen LogP contribution in [0.15, 0.2) is 42.5 Å². The Balaban J connectivity index is 1.64. The van der Waals surface area contributed by atoms with Gasteiger partial charge in [-0.3, -0.25) is 4.79 Å². The van der Waals surface area contributed by atoms with Gasteiger partial charge in [0.05, 0.1) is 30.1 Å². The van der Waals surface area contributed by atoms with Crippen molar-refractivity contribution in [3.8, 4) is 11.3 Å². The van der Waals surface area contributed by atoms with Crippen LogP contribution in [0.25, 0.3) is 22.2 Å². The van der Waals surface area contributed by atoms with Crippen LogP contribution in [0.3, 0.4) is 0 Å². The zero-order chi connectivity index (χ0) is 20.0. The van der Waals surface area contributed by atoms with Crippen molar-refractivity contribution in [2.45, 2.75) is 25.3 Å². The van der Waals surface area contributed by atoms with E-state index in [-0.39, 0.29) is 5.91 Å². The number of ether oxygens (including phenoxy) is 1. The summed E-state index contributed by atoms with van der Waals surface area (Å²) in [5, 5.41) is 1.00. The van der Waals surface area contributed by atoms with Crippen LogP contribution in [-0.4, -0.2) is 41.7 Å². The van der Waals surface area contributed by atoms with Gasteiger partial charge < -0.3 is 25.7 Å². The van der Waals surface area contributed by atoms with Crippen LogP contribution in [0.5, 0.6) is 0 Å². The lowest BCUT2D eigenvalue weighted by Gasteiger charge is -2.30. The minimum absolute atomic E-state index is 0.0594. The van der Waals surface area contributed by atoms with Gasteiger partial charge in [0.15, 0.2) is 0 Å². The number of hydrogen-bond donors (Lipinski definition) is 2. The second kappa shape index (κ2) is 7.12. The largest absolute Gasteiger partial charge is 0.399 e. The third kappa shape index (κ3) is 3.04. The van der Waals surface area contributed by atoms with Crippen LogP contribution in [0.2, 0.25) is 0 Å². The SMILES string of the molecule is Nc1ccc(-c2c(N)c3ccc(C(=O)N4CCOCC4)cc3n2C2CCC2)cc1. The van der Waals surface area contributed by atoms with Crippen molar-refractivity contribution in [3.63, 3.8) is 0 Å². The minimum Gasteiger partial charge on any atom is -0.399 e.